The van der Waals surface area contributed by atoms with E-state index in [1.54, 1.807) is 0 Å². The molecular formula is C19H21N3O5. The normalized spacial score (nSPS) is 26.7. The second-order valence-electron chi connectivity index (χ2n) is 6.64. The van der Waals surface area contributed by atoms with Gasteiger partial charge in [-0.2, -0.15) is 0 Å². The first kappa shape index (κ1) is 17.7. The summed E-state index contributed by atoms with van der Waals surface area (Å²) in [6, 6.07) is 13.0. The zero-order valence-corrected chi connectivity index (χ0v) is 14.6. The van der Waals surface area contributed by atoms with E-state index < -0.39 is 5.91 Å². The molecule has 0 saturated carbocycles. The molecule has 3 amide bonds. The molecule has 4 rings (SSSR count). The third-order valence-corrected chi connectivity index (χ3v) is 4.80. The van der Waals surface area contributed by atoms with Gasteiger partial charge in [-0.3, -0.25) is 4.79 Å². The van der Waals surface area contributed by atoms with Gasteiger partial charge in [-0.15, -0.1) is 0 Å². The van der Waals surface area contributed by atoms with E-state index in [-0.39, 0.29) is 37.0 Å². The predicted molar refractivity (Wildman–Crippen MR) is 98.3 cm³/mol. The van der Waals surface area contributed by atoms with Crippen molar-refractivity contribution in [3.8, 4) is 0 Å². The van der Waals surface area contributed by atoms with Gasteiger partial charge in [0.15, 0.2) is 0 Å². The quantitative estimate of drug-likeness (QED) is 0.726. The minimum Gasteiger partial charge on any atom is -0.370 e. The minimum atomic E-state index is -0.541. The highest BCUT2D eigenvalue weighted by Gasteiger charge is 2.48. The van der Waals surface area contributed by atoms with Crippen LogP contribution in [0.25, 0.3) is 10.8 Å². The zero-order chi connectivity index (χ0) is 18.8. The highest BCUT2D eigenvalue weighted by atomic mass is 16.6. The van der Waals surface area contributed by atoms with Gasteiger partial charge in [-0.25, -0.2) is 4.79 Å². The molecule has 0 aliphatic carbocycles. The van der Waals surface area contributed by atoms with Crippen LogP contribution in [0.2, 0.25) is 0 Å². The van der Waals surface area contributed by atoms with E-state index in [1.165, 1.54) is 0 Å². The Kier molecular flexibility index (Phi) is 4.93. The summed E-state index contributed by atoms with van der Waals surface area (Å²) < 4.78 is 16.8. The lowest BCUT2D eigenvalue weighted by Gasteiger charge is -2.18. The third kappa shape index (κ3) is 3.73. The number of carbonyl (C=O) groups is 2. The van der Waals surface area contributed by atoms with Crippen molar-refractivity contribution < 1.29 is 23.8 Å². The fraction of sp³-hybridized carbons (Fsp3) is 0.368. The highest BCUT2D eigenvalue weighted by molar-refractivity contribution is 6.01. The van der Waals surface area contributed by atoms with Gasteiger partial charge in [-0.05, 0) is 11.5 Å². The maximum Gasteiger partial charge on any atom is 0.319 e. The van der Waals surface area contributed by atoms with E-state index in [4.69, 9.17) is 19.9 Å². The van der Waals surface area contributed by atoms with Crippen molar-refractivity contribution in [1.29, 1.82) is 0 Å². The number of benzene rings is 2. The Morgan fingerprint density at radius 1 is 1.07 bits per heavy atom. The summed E-state index contributed by atoms with van der Waals surface area (Å²) in [5.74, 6) is -0.541. The standard InChI is InChI=1S/C19H21N3O5/c20-16(23)10-25-15-9-27-17-14(8-26-18(15)17)22-19(24)21-13-7-3-5-11-4-1-2-6-12(11)13/h1-7,14-15,17-18H,8-10H2,(H2,20,23)(H2,21,22,24)/t14-,15+,17+,18+/m0/s1. The molecule has 8 heteroatoms. The number of rotatable bonds is 5. The number of amides is 3. The first-order valence-corrected chi connectivity index (χ1v) is 8.80. The Bertz CT molecular complexity index is 853. The van der Waals surface area contributed by atoms with Gasteiger partial charge in [0.2, 0.25) is 5.91 Å². The monoisotopic (exact) mass is 371 g/mol. The van der Waals surface area contributed by atoms with Gasteiger partial charge in [0.1, 0.15) is 24.9 Å². The molecule has 2 aliphatic heterocycles. The number of hydrogen-bond acceptors (Lipinski definition) is 5. The van der Waals surface area contributed by atoms with E-state index in [2.05, 4.69) is 10.6 Å². The molecule has 0 aromatic heterocycles. The molecule has 142 valence electrons. The van der Waals surface area contributed by atoms with Crippen LogP contribution < -0.4 is 16.4 Å². The predicted octanol–water partition coefficient (Wildman–Crippen LogP) is 0.998. The molecule has 2 fully saturated rings. The van der Waals surface area contributed by atoms with Crippen LogP contribution in [0.15, 0.2) is 42.5 Å². The topological polar surface area (TPSA) is 112 Å². The molecule has 8 nitrogen and oxygen atoms in total. The summed E-state index contributed by atoms with van der Waals surface area (Å²) >= 11 is 0. The summed E-state index contributed by atoms with van der Waals surface area (Å²) in [6.07, 6.45) is -1.01. The molecule has 0 unspecified atom stereocenters. The van der Waals surface area contributed by atoms with Crippen molar-refractivity contribution in [3.63, 3.8) is 0 Å². The molecule has 0 spiro atoms. The summed E-state index contributed by atoms with van der Waals surface area (Å²) in [7, 11) is 0. The van der Waals surface area contributed by atoms with Crippen LogP contribution in [0.1, 0.15) is 0 Å². The number of hydrogen-bond donors (Lipinski definition) is 3. The molecule has 4 atom stereocenters. The van der Waals surface area contributed by atoms with Gasteiger partial charge in [-0.1, -0.05) is 36.4 Å². The smallest absolute Gasteiger partial charge is 0.319 e. The number of primary amides is 1. The van der Waals surface area contributed by atoms with Crippen molar-refractivity contribution in [1.82, 2.24) is 5.32 Å². The van der Waals surface area contributed by atoms with Crippen molar-refractivity contribution in [2.45, 2.75) is 24.4 Å². The van der Waals surface area contributed by atoms with Gasteiger partial charge >= 0.3 is 6.03 Å². The zero-order valence-electron chi connectivity index (χ0n) is 14.6. The van der Waals surface area contributed by atoms with E-state index in [0.29, 0.717) is 13.2 Å². The molecule has 2 aliphatic rings. The van der Waals surface area contributed by atoms with E-state index in [0.717, 1.165) is 16.5 Å². The number of fused-ring (bicyclic) bond motifs is 2. The molecule has 2 aromatic carbocycles. The van der Waals surface area contributed by atoms with Crippen molar-refractivity contribution in [3.05, 3.63) is 42.5 Å². The average molecular weight is 371 g/mol. The third-order valence-electron chi connectivity index (χ3n) is 4.80. The summed E-state index contributed by atoms with van der Waals surface area (Å²) in [6.45, 7) is 0.431. The lowest BCUT2D eigenvalue weighted by Crippen LogP contribution is -2.46. The van der Waals surface area contributed by atoms with Crippen LogP contribution in [0.3, 0.4) is 0 Å². The Morgan fingerprint density at radius 2 is 1.85 bits per heavy atom. The Hall–Kier alpha value is -2.68. The summed E-state index contributed by atoms with van der Waals surface area (Å²) in [4.78, 5) is 23.3. The number of urea groups is 1. The van der Waals surface area contributed by atoms with Crippen LogP contribution in [0.5, 0.6) is 0 Å². The average Bonchev–Trinajstić information content (AvgIpc) is 3.23. The lowest BCUT2D eigenvalue weighted by molar-refractivity contribution is -0.126. The number of nitrogens with two attached hydrogens (primary N) is 1. The van der Waals surface area contributed by atoms with Crippen LogP contribution in [-0.2, 0) is 19.0 Å². The SMILES string of the molecule is NC(=O)CO[C@@H]1CO[C@H]2[C@@H]1OC[C@@H]2NC(=O)Nc1cccc2ccccc12. The van der Waals surface area contributed by atoms with Gasteiger partial charge < -0.3 is 30.6 Å². The molecule has 4 N–H and O–H groups in total. The highest BCUT2D eigenvalue weighted by Crippen LogP contribution is 2.29. The van der Waals surface area contributed by atoms with Gasteiger partial charge in [0.25, 0.3) is 0 Å². The van der Waals surface area contributed by atoms with Crippen LogP contribution >= 0.6 is 0 Å². The van der Waals surface area contributed by atoms with E-state index in [1.807, 2.05) is 42.5 Å². The molecule has 0 bridgehead atoms. The second-order valence-corrected chi connectivity index (χ2v) is 6.64. The van der Waals surface area contributed by atoms with Gasteiger partial charge in [0.05, 0.1) is 24.9 Å². The van der Waals surface area contributed by atoms with Crippen molar-refractivity contribution >= 4 is 28.4 Å². The van der Waals surface area contributed by atoms with Crippen LogP contribution in [0.4, 0.5) is 10.5 Å². The maximum absolute atomic E-state index is 12.5. The first-order chi connectivity index (χ1) is 13.1. The second kappa shape index (κ2) is 7.51. The summed E-state index contributed by atoms with van der Waals surface area (Å²) in [5, 5.41) is 7.81. The Labute approximate surface area is 155 Å². The van der Waals surface area contributed by atoms with Crippen molar-refractivity contribution in [2.24, 2.45) is 5.73 Å². The van der Waals surface area contributed by atoms with E-state index >= 15 is 0 Å². The first-order valence-electron chi connectivity index (χ1n) is 8.80. The minimum absolute atomic E-state index is 0.180. The molecule has 27 heavy (non-hydrogen) atoms. The largest absolute Gasteiger partial charge is 0.370 e. The number of carbonyl (C=O) groups excluding carboxylic acids is 2. The summed E-state index contributed by atoms with van der Waals surface area (Å²) in [5.41, 5.74) is 5.84. The Balaban J connectivity index is 1.37. The molecular weight excluding hydrogens is 350 g/mol. The number of ether oxygens (including phenoxy) is 3. The number of nitrogens with one attached hydrogen (secondary N) is 2. The lowest BCUT2D eigenvalue weighted by atomic mass is 10.1. The van der Waals surface area contributed by atoms with Crippen LogP contribution in [-0.4, -0.2) is 56.1 Å². The van der Waals surface area contributed by atoms with Crippen molar-refractivity contribution in [2.75, 3.05) is 25.1 Å². The van der Waals surface area contributed by atoms with Gasteiger partial charge in [0, 0.05) is 5.39 Å². The molecule has 0 radical (unpaired) electrons. The fourth-order valence-electron chi connectivity index (χ4n) is 3.58. The van der Waals surface area contributed by atoms with E-state index in [9.17, 15) is 9.59 Å². The molecule has 2 heterocycles. The number of anilines is 1. The molecule has 2 saturated heterocycles. The fourth-order valence-corrected chi connectivity index (χ4v) is 3.58. The Morgan fingerprint density at radius 3 is 2.70 bits per heavy atom. The van der Waals surface area contributed by atoms with Crippen LogP contribution in [0, 0.1) is 0 Å². The maximum atomic E-state index is 12.5. The molecule has 2 aromatic rings.